The van der Waals surface area contributed by atoms with Gasteiger partial charge in [0.1, 0.15) is 5.82 Å². The van der Waals surface area contributed by atoms with Crippen molar-refractivity contribution in [1.82, 2.24) is 4.90 Å². The number of hydrogen-bond acceptors (Lipinski definition) is 2. The van der Waals surface area contributed by atoms with Crippen molar-refractivity contribution in [3.05, 3.63) is 34.6 Å². The first kappa shape index (κ1) is 12.8. The summed E-state index contributed by atoms with van der Waals surface area (Å²) in [7, 11) is 2.01. The molecule has 1 heterocycles. The third kappa shape index (κ3) is 3.66. The fourth-order valence-electron chi connectivity index (χ4n) is 2.17. The minimum absolute atomic E-state index is 0.230. The Morgan fingerprint density at radius 2 is 2.35 bits per heavy atom. The van der Waals surface area contributed by atoms with Crippen molar-refractivity contribution in [2.24, 2.45) is 5.92 Å². The zero-order chi connectivity index (χ0) is 12.3. The molecule has 0 bridgehead atoms. The van der Waals surface area contributed by atoms with Gasteiger partial charge >= 0.3 is 0 Å². The van der Waals surface area contributed by atoms with E-state index in [0.29, 0.717) is 23.0 Å². The van der Waals surface area contributed by atoms with Crippen LogP contribution in [0.2, 0.25) is 5.02 Å². The molecule has 0 aromatic heterocycles. The van der Waals surface area contributed by atoms with Crippen molar-refractivity contribution in [3.8, 4) is 0 Å². The van der Waals surface area contributed by atoms with Gasteiger partial charge in [0.2, 0.25) is 0 Å². The molecule has 0 N–H and O–H groups in total. The van der Waals surface area contributed by atoms with Gasteiger partial charge < -0.3 is 9.64 Å². The molecule has 0 spiro atoms. The van der Waals surface area contributed by atoms with Crippen LogP contribution in [-0.4, -0.2) is 31.7 Å². The Morgan fingerprint density at radius 1 is 1.53 bits per heavy atom. The topological polar surface area (TPSA) is 12.5 Å². The molecule has 0 aliphatic carbocycles. The summed E-state index contributed by atoms with van der Waals surface area (Å²) in [6.45, 7) is 3.24. The number of rotatable bonds is 4. The van der Waals surface area contributed by atoms with Gasteiger partial charge in [0, 0.05) is 30.3 Å². The normalized spacial score (nSPS) is 20.1. The molecule has 1 unspecified atom stereocenters. The van der Waals surface area contributed by atoms with Crippen LogP contribution in [0.5, 0.6) is 0 Å². The van der Waals surface area contributed by atoms with Crippen LogP contribution in [0.1, 0.15) is 12.0 Å². The van der Waals surface area contributed by atoms with Gasteiger partial charge in [-0.05, 0) is 31.5 Å². The number of halogens is 2. The zero-order valence-electron chi connectivity index (χ0n) is 9.96. The number of nitrogens with zero attached hydrogens (tertiary/aromatic N) is 1. The van der Waals surface area contributed by atoms with E-state index in [9.17, 15) is 4.39 Å². The predicted octanol–water partition coefficient (Wildman–Crippen LogP) is 2.95. The standard InChI is InChI=1S/C13H17ClFNO/c1-16(7-10-4-5-17-9-10)8-11-2-3-12(14)6-13(11)15/h2-3,6,10H,4-5,7-9H2,1H3. The largest absolute Gasteiger partial charge is 0.381 e. The van der Waals surface area contributed by atoms with Crippen LogP contribution in [0, 0.1) is 11.7 Å². The average molecular weight is 258 g/mol. The van der Waals surface area contributed by atoms with Crippen molar-refractivity contribution in [3.63, 3.8) is 0 Å². The maximum absolute atomic E-state index is 13.6. The van der Waals surface area contributed by atoms with Gasteiger partial charge in [-0.3, -0.25) is 0 Å². The van der Waals surface area contributed by atoms with E-state index in [1.165, 1.54) is 6.07 Å². The molecule has 17 heavy (non-hydrogen) atoms. The summed E-state index contributed by atoms with van der Waals surface area (Å²) >= 11 is 5.72. The summed E-state index contributed by atoms with van der Waals surface area (Å²) in [6.07, 6.45) is 1.10. The zero-order valence-corrected chi connectivity index (χ0v) is 10.7. The first-order valence-corrected chi connectivity index (χ1v) is 6.23. The molecule has 94 valence electrons. The molecular weight excluding hydrogens is 241 g/mol. The van der Waals surface area contributed by atoms with Crippen LogP contribution in [-0.2, 0) is 11.3 Å². The molecule has 1 saturated heterocycles. The van der Waals surface area contributed by atoms with E-state index < -0.39 is 0 Å². The predicted molar refractivity (Wildman–Crippen MR) is 66.7 cm³/mol. The molecule has 2 rings (SSSR count). The molecule has 1 aromatic carbocycles. The summed E-state index contributed by atoms with van der Waals surface area (Å²) in [6, 6.07) is 4.84. The lowest BCUT2D eigenvalue weighted by Gasteiger charge is -2.20. The van der Waals surface area contributed by atoms with Crippen LogP contribution < -0.4 is 0 Å². The number of hydrogen-bond donors (Lipinski definition) is 0. The number of benzene rings is 1. The number of ether oxygens (including phenoxy) is 1. The Labute approximate surface area is 106 Å². The monoisotopic (exact) mass is 257 g/mol. The van der Waals surface area contributed by atoms with E-state index in [-0.39, 0.29) is 5.82 Å². The molecule has 1 atom stereocenters. The summed E-state index contributed by atoms with van der Waals surface area (Å²) in [5.74, 6) is 0.349. The van der Waals surface area contributed by atoms with Gasteiger partial charge in [-0.1, -0.05) is 17.7 Å². The van der Waals surface area contributed by atoms with Crippen molar-refractivity contribution in [1.29, 1.82) is 0 Å². The highest BCUT2D eigenvalue weighted by molar-refractivity contribution is 6.30. The van der Waals surface area contributed by atoms with E-state index in [4.69, 9.17) is 16.3 Å². The van der Waals surface area contributed by atoms with Crippen molar-refractivity contribution in [2.75, 3.05) is 26.8 Å². The molecule has 0 radical (unpaired) electrons. The highest BCUT2D eigenvalue weighted by Crippen LogP contribution is 2.18. The molecule has 4 heteroatoms. The second kappa shape index (κ2) is 5.80. The van der Waals surface area contributed by atoms with Gasteiger partial charge in [-0.2, -0.15) is 0 Å². The van der Waals surface area contributed by atoms with Gasteiger partial charge in [0.25, 0.3) is 0 Å². The molecule has 1 aliphatic rings. The first-order chi connectivity index (χ1) is 8.15. The van der Waals surface area contributed by atoms with Crippen LogP contribution >= 0.6 is 11.6 Å². The second-order valence-electron chi connectivity index (χ2n) is 4.66. The molecule has 1 aromatic rings. The van der Waals surface area contributed by atoms with E-state index in [1.54, 1.807) is 12.1 Å². The third-order valence-electron chi connectivity index (χ3n) is 3.05. The lowest BCUT2D eigenvalue weighted by molar-refractivity contribution is 0.172. The minimum atomic E-state index is -0.230. The van der Waals surface area contributed by atoms with Crippen LogP contribution in [0.15, 0.2) is 18.2 Å². The van der Waals surface area contributed by atoms with Gasteiger partial charge in [0.05, 0.1) is 6.61 Å². The van der Waals surface area contributed by atoms with Crippen LogP contribution in [0.3, 0.4) is 0 Å². The van der Waals surface area contributed by atoms with E-state index in [2.05, 4.69) is 4.90 Å². The smallest absolute Gasteiger partial charge is 0.129 e. The van der Waals surface area contributed by atoms with Gasteiger partial charge in [-0.25, -0.2) is 4.39 Å². The Hall–Kier alpha value is -0.640. The fourth-order valence-corrected chi connectivity index (χ4v) is 2.33. The Balaban J connectivity index is 1.90. The van der Waals surface area contributed by atoms with Crippen molar-refractivity contribution < 1.29 is 9.13 Å². The van der Waals surface area contributed by atoms with E-state index in [0.717, 1.165) is 26.2 Å². The summed E-state index contributed by atoms with van der Waals surface area (Å²) in [5, 5.41) is 0.443. The summed E-state index contributed by atoms with van der Waals surface area (Å²) in [4.78, 5) is 2.13. The second-order valence-corrected chi connectivity index (χ2v) is 5.10. The van der Waals surface area contributed by atoms with E-state index >= 15 is 0 Å². The maximum Gasteiger partial charge on any atom is 0.129 e. The SMILES string of the molecule is CN(Cc1ccc(Cl)cc1F)CC1CCOC1. The maximum atomic E-state index is 13.6. The molecular formula is C13H17ClFNO. The van der Waals surface area contributed by atoms with Crippen molar-refractivity contribution in [2.45, 2.75) is 13.0 Å². The van der Waals surface area contributed by atoms with E-state index in [1.807, 2.05) is 7.05 Å². The first-order valence-electron chi connectivity index (χ1n) is 5.85. The van der Waals surface area contributed by atoms with Gasteiger partial charge in [0.15, 0.2) is 0 Å². The van der Waals surface area contributed by atoms with Crippen molar-refractivity contribution >= 4 is 11.6 Å². The van der Waals surface area contributed by atoms with Crippen LogP contribution in [0.4, 0.5) is 4.39 Å². The molecule has 1 fully saturated rings. The lowest BCUT2D eigenvalue weighted by Crippen LogP contribution is -2.26. The minimum Gasteiger partial charge on any atom is -0.381 e. The Kier molecular flexibility index (Phi) is 4.37. The molecule has 0 saturated carbocycles. The summed E-state index contributed by atoms with van der Waals surface area (Å²) in [5.41, 5.74) is 0.691. The lowest BCUT2D eigenvalue weighted by atomic mass is 10.1. The highest BCUT2D eigenvalue weighted by Gasteiger charge is 2.18. The Morgan fingerprint density at radius 3 is 3.00 bits per heavy atom. The highest BCUT2D eigenvalue weighted by atomic mass is 35.5. The van der Waals surface area contributed by atoms with Crippen LogP contribution in [0.25, 0.3) is 0 Å². The Bertz CT molecular complexity index is 380. The quantitative estimate of drug-likeness (QED) is 0.822. The summed E-state index contributed by atoms with van der Waals surface area (Å²) < 4.78 is 18.9. The average Bonchev–Trinajstić information content (AvgIpc) is 2.75. The fraction of sp³-hybridized carbons (Fsp3) is 0.538. The van der Waals surface area contributed by atoms with Gasteiger partial charge in [-0.15, -0.1) is 0 Å². The third-order valence-corrected chi connectivity index (χ3v) is 3.28. The molecule has 0 amide bonds. The molecule has 1 aliphatic heterocycles. The molecule has 2 nitrogen and oxygen atoms in total.